The Kier molecular flexibility index (Phi) is 5.03. The van der Waals surface area contributed by atoms with Crippen molar-refractivity contribution in [3.05, 3.63) is 77.5 Å². The highest BCUT2D eigenvalue weighted by atomic mass is 16.2. The fraction of sp³-hybridized carbons (Fsp3) is 0.261. The molecule has 4 amide bonds. The molecular formula is C23H24N4O3. The average molecular weight is 404 g/mol. The molecule has 7 heteroatoms. The lowest BCUT2D eigenvalue weighted by atomic mass is 9.98. The molecule has 3 atom stereocenters. The van der Waals surface area contributed by atoms with Crippen LogP contribution in [0.15, 0.2) is 66.4 Å². The molecule has 2 N–H and O–H groups in total. The van der Waals surface area contributed by atoms with Gasteiger partial charge in [-0.2, -0.15) is 0 Å². The van der Waals surface area contributed by atoms with Crippen molar-refractivity contribution >= 4 is 23.5 Å². The van der Waals surface area contributed by atoms with Crippen molar-refractivity contribution in [3.8, 4) is 0 Å². The molecule has 2 aliphatic rings. The zero-order chi connectivity index (χ0) is 21.4. The first kappa shape index (κ1) is 19.7. The van der Waals surface area contributed by atoms with Gasteiger partial charge in [0.15, 0.2) is 0 Å². The minimum absolute atomic E-state index is 0.206. The van der Waals surface area contributed by atoms with Gasteiger partial charge < -0.3 is 15.5 Å². The van der Waals surface area contributed by atoms with E-state index in [0.29, 0.717) is 11.3 Å². The molecule has 154 valence electrons. The summed E-state index contributed by atoms with van der Waals surface area (Å²) in [4.78, 5) is 41.7. The quantitative estimate of drug-likeness (QED) is 0.820. The Morgan fingerprint density at radius 3 is 2.40 bits per heavy atom. The van der Waals surface area contributed by atoms with Gasteiger partial charge in [-0.05, 0) is 31.5 Å². The monoisotopic (exact) mass is 404 g/mol. The summed E-state index contributed by atoms with van der Waals surface area (Å²) in [6.45, 7) is 3.83. The number of carbonyl (C=O) groups is 3. The van der Waals surface area contributed by atoms with Crippen molar-refractivity contribution in [2.75, 3.05) is 11.9 Å². The standard InChI is InChI=1S/C23H24N4O3/c1-14-9-11-17(12-10-14)27-22(29)20-19(25-23(27)30)18(13-26(20)3)21(28)24-15(2)16-7-5-4-6-8-16/h4-13,15,19-20H,1-3H3,(H,24,28)(H,25,30). The van der Waals surface area contributed by atoms with Crippen LogP contribution in [0.1, 0.15) is 24.1 Å². The van der Waals surface area contributed by atoms with E-state index in [9.17, 15) is 14.4 Å². The molecule has 2 aromatic carbocycles. The SMILES string of the molecule is Cc1ccc(N2C(=O)NC3C(C(=O)NC(C)c4ccccc4)=CN(C)C3C2=O)cc1. The van der Waals surface area contributed by atoms with Gasteiger partial charge >= 0.3 is 6.03 Å². The third kappa shape index (κ3) is 3.43. The minimum Gasteiger partial charge on any atom is -0.366 e. The second-order valence-electron chi connectivity index (χ2n) is 7.74. The first-order chi connectivity index (χ1) is 14.4. The summed E-state index contributed by atoms with van der Waals surface area (Å²) in [7, 11) is 1.74. The number of carbonyl (C=O) groups excluding carboxylic acids is 3. The predicted molar refractivity (Wildman–Crippen MR) is 114 cm³/mol. The fourth-order valence-corrected chi connectivity index (χ4v) is 3.93. The van der Waals surface area contributed by atoms with E-state index in [2.05, 4.69) is 10.6 Å². The number of nitrogens with zero attached hydrogens (tertiary/aromatic N) is 2. The topological polar surface area (TPSA) is 81.8 Å². The Morgan fingerprint density at radius 1 is 1.07 bits per heavy atom. The summed E-state index contributed by atoms with van der Waals surface area (Å²) in [5.74, 6) is -0.659. The molecule has 7 nitrogen and oxygen atoms in total. The number of aryl methyl sites for hydroxylation is 1. The van der Waals surface area contributed by atoms with Crippen LogP contribution in [0.2, 0.25) is 0 Å². The summed E-state index contributed by atoms with van der Waals surface area (Å²) in [5, 5.41) is 5.80. The number of benzene rings is 2. The van der Waals surface area contributed by atoms with Gasteiger partial charge in [-0.1, -0.05) is 48.0 Å². The first-order valence-corrected chi connectivity index (χ1v) is 9.87. The molecule has 2 aromatic rings. The molecule has 3 unspecified atom stereocenters. The van der Waals surface area contributed by atoms with Crippen molar-refractivity contribution in [2.45, 2.75) is 32.0 Å². The predicted octanol–water partition coefficient (Wildman–Crippen LogP) is 2.50. The Hall–Kier alpha value is -3.61. The van der Waals surface area contributed by atoms with Crippen LogP contribution in [0.4, 0.5) is 10.5 Å². The number of amides is 4. The molecule has 2 aliphatic heterocycles. The van der Waals surface area contributed by atoms with Crippen LogP contribution in [0.5, 0.6) is 0 Å². The summed E-state index contributed by atoms with van der Waals surface area (Å²) in [5.41, 5.74) is 2.89. The molecule has 0 radical (unpaired) electrons. The van der Waals surface area contributed by atoms with Crippen molar-refractivity contribution in [2.24, 2.45) is 0 Å². The van der Waals surface area contributed by atoms with Gasteiger partial charge in [0.25, 0.3) is 11.8 Å². The van der Waals surface area contributed by atoms with Gasteiger partial charge in [0.2, 0.25) is 0 Å². The Balaban J connectivity index is 1.54. The van der Waals surface area contributed by atoms with Crippen LogP contribution >= 0.6 is 0 Å². The van der Waals surface area contributed by atoms with Crippen LogP contribution in [-0.4, -0.2) is 41.9 Å². The smallest absolute Gasteiger partial charge is 0.329 e. The van der Waals surface area contributed by atoms with E-state index >= 15 is 0 Å². The maximum atomic E-state index is 13.2. The summed E-state index contributed by atoms with van der Waals surface area (Å²) < 4.78 is 0. The van der Waals surface area contributed by atoms with Crippen LogP contribution in [-0.2, 0) is 9.59 Å². The third-order valence-electron chi connectivity index (χ3n) is 5.59. The highest BCUT2D eigenvalue weighted by molar-refractivity contribution is 6.19. The molecule has 1 saturated heterocycles. The zero-order valence-corrected chi connectivity index (χ0v) is 17.1. The van der Waals surface area contributed by atoms with Gasteiger partial charge in [0.05, 0.1) is 23.3 Å². The van der Waals surface area contributed by atoms with Crippen molar-refractivity contribution in [1.82, 2.24) is 15.5 Å². The van der Waals surface area contributed by atoms with E-state index in [1.165, 1.54) is 0 Å². The lowest BCUT2D eigenvalue weighted by Gasteiger charge is -2.37. The molecule has 1 fully saturated rings. The Labute approximate surface area is 175 Å². The van der Waals surface area contributed by atoms with E-state index in [-0.39, 0.29) is 17.9 Å². The number of hydrogen-bond acceptors (Lipinski definition) is 4. The molecule has 30 heavy (non-hydrogen) atoms. The summed E-state index contributed by atoms with van der Waals surface area (Å²) in [6.07, 6.45) is 1.64. The third-order valence-corrected chi connectivity index (χ3v) is 5.59. The maximum absolute atomic E-state index is 13.2. The van der Waals surface area contributed by atoms with E-state index in [4.69, 9.17) is 0 Å². The lowest BCUT2D eigenvalue weighted by molar-refractivity contribution is -0.122. The molecule has 0 saturated carbocycles. The molecule has 0 spiro atoms. The highest BCUT2D eigenvalue weighted by Gasteiger charge is 2.49. The molecule has 2 heterocycles. The fourth-order valence-electron chi connectivity index (χ4n) is 3.93. The van der Waals surface area contributed by atoms with Crippen LogP contribution in [0.25, 0.3) is 0 Å². The molecule has 0 aliphatic carbocycles. The van der Waals surface area contributed by atoms with Gasteiger partial charge in [0, 0.05) is 13.2 Å². The Morgan fingerprint density at radius 2 is 1.73 bits per heavy atom. The second-order valence-corrected chi connectivity index (χ2v) is 7.74. The van der Waals surface area contributed by atoms with Gasteiger partial charge in [0.1, 0.15) is 6.04 Å². The van der Waals surface area contributed by atoms with E-state index < -0.39 is 18.1 Å². The number of urea groups is 1. The molecule has 0 bridgehead atoms. The maximum Gasteiger partial charge on any atom is 0.329 e. The molecule has 4 rings (SSSR count). The van der Waals surface area contributed by atoms with Gasteiger partial charge in [-0.25, -0.2) is 9.69 Å². The molecular weight excluding hydrogens is 380 g/mol. The van der Waals surface area contributed by atoms with Crippen LogP contribution in [0, 0.1) is 6.92 Å². The number of nitrogens with one attached hydrogen (secondary N) is 2. The van der Waals surface area contributed by atoms with Crippen LogP contribution in [0.3, 0.4) is 0 Å². The zero-order valence-electron chi connectivity index (χ0n) is 17.1. The second kappa shape index (κ2) is 7.67. The van der Waals surface area contributed by atoms with Crippen molar-refractivity contribution in [1.29, 1.82) is 0 Å². The molecule has 0 aromatic heterocycles. The number of imide groups is 1. The Bertz CT molecular complexity index is 1020. The van der Waals surface area contributed by atoms with E-state index in [0.717, 1.165) is 16.0 Å². The van der Waals surface area contributed by atoms with E-state index in [1.807, 2.05) is 56.3 Å². The first-order valence-electron chi connectivity index (χ1n) is 9.87. The van der Waals surface area contributed by atoms with Gasteiger partial charge in [-0.15, -0.1) is 0 Å². The van der Waals surface area contributed by atoms with Gasteiger partial charge in [-0.3, -0.25) is 9.59 Å². The van der Waals surface area contributed by atoms with Crippen LogP contribution < -0.4 is 15.5 Å². The van der Waals surface area contributed by atoms with Crippen molar-refractivity contribution in [3.63, 3.8) is 0 Å². The number of hydrogen-bond donors (Lipinski definition) is 2. The number of fused-ring (bicyclic) bond motifs is 1. The minimum atomic E-state index is -0.695. The number of likely N-dealkylation sites (N-methyl/N-ethyl adjacent to an activating group) is 1. The number of anilines is 1. The summed E-state index contributed by atoms with van der Waals surface area (Å²) >= 11 is 0. The van der Waals surface area contributed by atoms with E-state index in [1.54, 1.807) is 30.3 Å². The summed E-state index contributed by atoms with van der Waals surface area (Å²) in [6, 6.07) is 14.7. The average Bonchev–Trinajstić information content (AvgIpc) is 3.06. The largest absolute Gasteiger partial charge is 0.366 e. The van der Waals surface area contributed by atoms with Crippen molar-refractivity contribution < 1.29 is 14.4 Å². The number of rotatable bonds is 4. The highest BCUT2D eigenvalue weighted by Crippen LogP contribution is 2.30. The normalized spacial score (nSPS) is 21.6. The lowest BCUT2D eigenvalue weighted by Crippen LogP contribution is -2.65.